The van der Waals surface area contributed by atoms with E-state index in [1.165, 1.54) is 10.4 Å². The second-order valence-corrected chi connectivity index (χ2v) is 6.88. The van der Waals surface area contributed by atoms with Crippen molar-refractivity contribution in [2.75, 3.05) is 13.1 Å². The lowest BCUT2D eigenvalue weighted by atomic mass is 10.1. The molecule has 20 heavy (non-hydrogen) atoms. The fourth-order valence-electron chi connectivity index (χ4n) is 2.58. The number of rotatable bonds is 3. The van der Waals surface area contributed by atoms with E-state index in [1.54, 1.807) is 25.6 Å². The number of aromatic nitrogens is 2. The summed E-state index contributed by atoms with van der Waals surface area (Å²) in [6, 6.07) is -0.298. The van der Waals surface area contributed by atoms with Gasteiger partial charge in [0.25, 0.3) is 0 Å². The summed E-state index contributed by atoms with van der Waals surface area (Å²) in [5, 5.41) is 4.15. The van der Waals surface area contributed by atoms with Crippen molar-refractivity contribution in [3.63, 3.8) is 0 Å². The van der Waals surface area contributed by atoms with Crippen molar-refractivity contribution < 1.29 is 13.2 Å². The summed E-state index contributed by atoms with van der Waals surface area (Å²) in [5.41, 5.74) is 1.11. The Morgan fingerprint density at radius 2 is 2.10 bits per heavy atom. The van der Waals surface area contributed by atoms with Gasteiger partial charge in [-0.05, 0) is 26.7 Å². The Labute approximate surface area is 118 Å². The number of hydrogen-bond acceptors (Lipinski definition) is 5. The first-order valence-corrected chi connectivity index (χ1v) is 7.89. The van der Waals surface area contributed by atoms with Crippen molar-refractivity contribution in [3.8, 4) is 0 Å². The van der Waals surface area contributed by atoms with Crippen LogP contribution in [0, 0.1) is 13.8 Å². The van der Waals surface area contributed by atoms with E-state index in [4.69, 9.17) is 0 Å². The molecule has 1 fully saturated rings. The van der Waals surface area contributed by atoms with E-state index < -0.39 is 10.0 Å². The van der Waals surface area contributed by atoms with Gasteiger partial charge in [-0.1, -0.05) is 0 Å². The van der Waals surface area contributed by atoms with Gasteiger partial charge in [0.2, 0.25) is 16.1 Å². The molecule has 0 N–H and O–H groups in total. The number of isocyanates is 1. The van der Waals surface area contributed by atoms with E-state index in [1.807, 2.05) is 0 Å². The highest BCUT2D eigenvalue weighted by Gasteiger charge is 2.34. The minimum atomic E-state index is -3.59. The fourth-order valence-corrected chi connectivity index (χ4v) is 4.49. The molecule has 0 saturated carbocycles. The van der Waals surface area contributed by atoms with Crippen LogP contribution >= 0.6 is 0 Å². The number of nitrogens with zero attached hydrogens (tertiary/aromatic N) is 4. The Kier molecular flexibility index (Phi) is 4.08. The smallest absolute Gasteiger partial charge is 0.246 e. The van der Waals surface area contributed by atoms with E-state index in [-0.39, 0.29) is 17.5 Å². The zero-order valence-corrected chi connectivity index (χ0v) is 12.6. The summed E-state index contributed by atoms with van der Waals surface area (Å²) in [6.45, 7) is 4.09. The summed E-state index contributed by atoms with van der Waals surface area (Å²) < 4.78 is 28.4. The van der Waals surface area contributed by atoms with Gasteiger partial charge in [0, 0.05) is 20.1 Å². The van der Waals surface area contributed by atoms with Crippen LogP contribution in [-0.4, -0.2) is 47.7 Å². The number of piperidine rings is 1. The van der Waals surface area contributed by atoms with Crippen LogP contribution in [0.1, 0.15) is 24.2 Å². The van der Waals surface area contributed by atoms with E-state index in [0.717, 1.165) is 0 Å². The van der Waals surface area contributed by atoms with Gasteiger partial charge in [-0.2, -0.15) is 9.40 Å². The van der Waals surface area contributed by atoms with Crippen molar-refractivity contribution in [3.05, 3.63) is 11.4 Å². The molecule has 1 aliphatic rings. The second-order valence-electron chi connectivity index (χ2n) is 5.00. The molecule has 1 aromatic heterocycles. The van der Waals surface area contributed by atoms with Crippen LogP contribution in [0.2, 0.25) is 0 Å². The van der Waals surface area contributed by atoms with Crippen LogP contribution in [0.15, 0.2) is 9.89 Å². The highest BCUT2D eigenvalue weighted by Crippen LogP contribution is 2.26. The van der Waals surface area contributed by atoms with E-state index >= 15 is 0 Å². The predicted octanol–water partition coefficient (Wildman–Crippen LogP) is 0.526. The van der Waals surface area contributed by atoms with E-state index in [2.05, 4.69) is 10.1 Å². The molecule has 0 spiro atoms. The Hall–Kier alpha value is -1.50. The van der Waals surface area contributed by atoms with Crippen molar-refractivity contribution in [2.24, 2.45) is 12.0 Å². The molecule has 2 heterocycles. The molecule has 1 aliphatic heterocycles. The zero-order chi connectivity index (χ0) is 14.9. The summed E-state index contributed by atoms with van der Waals surface area (Å²) in [6.07, 6.45) is 2.92. The summed E-state index contributed by atoms with van der Waals surface area (Å²) in [7, 11) is -1.87. The Morgan fingerprint density at radius 1 is 1.40 bits per heavy atom. The maximum Gasteiger partial charge on any atom is 0.246 e. The molecule has 1 saturated heterocycles. The number of aryl methyl sites for hydroxylation is 2. The van der Waals surface area contributed by atoms with Gasteiger partial charge in [-0.25, -0.2) is 18.2 Å². The Bertz CT molecular complexity index is 658. The first-order chi connectivity index (χ1) is 9.37. The molecule has 1 aromatic rings. The molecule has 2 rings (SSSR count). The molecule has 1 unspecified atom stereocenters. The first kappa shape index (κ1) is 14.9. The number of carbonyl (C=O) groups excluding carboxylic acids is 1. The highest BCUT2D eigenvalue weighted by molar-refractivity contribution is 7.89. The number of aliphatic imine (C=N–C) groups is 1. The van der Waals surface area contributed by atoms with Crippen LogP contribution in [0.5, 0.6) is 0 Å². The normalized spacial score (nSPS) is 20.6. The van der Waals surface area contributed by atoms with Gasteiger partial charge in [-0.15, -0.1) is 0 Å². The summed E-state index contributed by atoms with van der Waals surface area (Å²) >= 11 is 0. The lowest BCUT2D eigenvalue weighted by molar-refractivity contribution is 0.316. The van der Waals surface area contributed by atoms with Gasteiger partial charge in [0.15, 0.2) is 0 Å². The molecular formula is C12H18N4O3S. The van der Waals surface area contributed by atoms with Gasteiger partial charge in [0.05, 0.1) is 17.4 Å². The quantitative estimate of drug-likeness (QED) is 0.601. The second kappa shape index (κ2) is 5.47. The Balaban J connectivity index is 2.37. The van der Waals surface area contributed by atoms with Gasteiger partial charge < -0.3 is 0 Å². The lowest BCUT2D eigenvalue weighted by Crippen LogP contribution is -2.41. The standard InChI is InChI=1S/C12H18N4O3S/c1-9-12(10(2)15(3)14-9)20(18,19)16-6-4-5-11(7-16)13-8-17/h11H,4-7H2,1-3H3. The molecule has 110 valence electrons. The largest absolute Gasteiger partial charge is 0.271 e. The van der Waals surface area contributed by atoms with Crippen molar-refractivity contribution in [1.82, 2.24) is 14.1 Å². The molecule has 7 nitrogen and oxygen atoms in total. The molecule has 1 atom stereocenters. The molecule has 0 aromatic carbocycles. The van der Waals surface area contributed by atoms with Crippen LogP contribution in [0.4, 0.5) is 0 Å². The molecule has 0 bridgehead atoms. The van der Waals surface area contributed by atoms with Crippen molar-refractivity contribution in [2.45, 2.75) is 37.6 Å². The predicted molar refractivity (Wildman–Crippen MR) is 72.6 cm³/mol. The van der Waals surface area contributed by atoms with Crippen LogP contribution < -0.4 is 0 Å². The topological polar surface area (TPSA) is 84.6 Å². The average Bonchev–Trinajstić information content (AvgIpc) is 2.64. The van der Waals surface area contributed by atoms with Gasteiger partial charge >= 0.3 is 0 Å². The van der Waals surface area contributed by atoms with Crippen LogP contribution in [0.3, 0.4) is 0 Å². The monoisotopic (exact) mass is 298 g/mol. The van der Waals surface area contributed by atoms with Crippen molar-refractivity contribution in [1.29, 1.82) is 0 Å². The average molecular weight is 298 g/mol. The highest BCUT2D eigenvalue weighted by atomic mass is 32.2. The SMILES string of the molecule is Cc1nn(C)c(C)c1S(=O)(=O)N1CCCC(N=C=O)C1. The minimum Gasteiger partial charge on any atom is -0.271 e. The maximum atomic E-state index is 12.7. The third-order valence-electron chi connectivity index (χ3n) is 3.64. The van der Waals surface area contributed by atoms with E-state index in [9.17, 15) is 13.2 Å². The number of hydrogen-bond donors (Lipinski definition) is 0. The van der Waals surface area contributed by atoms with Gasteiger partial charge in [-0.3, -0.25) is 4.68 Å². The number of sulfonamides is 1. The van der Waals surface area contributed by atoms with E-state index in [0.29, 0.717) is 30.8 Å². The molecular weight excluding hydrogens is 280 g/mol. The molecule has 0 aliphatic carbocycles. The summed E-state index contributed by atoms with van der Waals surface area (Å²) in [5.74, 6) is 0. The molecule has 0 amide bonds. The third kappa shape index (κ3) is 2.54. The molecule has 0 radical (unpaired) electrons. The van der Waals surface area contributed by atoms with Gasteiger partial charge in [0.1, 0.15) is 4.90 Å². The van der Waals surface area contributed by atoms with Crippen LogP contribution in [0.25, 0.3) is 0 Å². The Morgan fingerprint density at radius 3 is 2.65 bits per heavy atom. The zero-order valence-electron chi connectivity index (χ0n) is 11.8. The minimum absolute atomic E-state index is 0.228. The van der Waals surface area contributed by atoms with Crippen LogP contribution in [-0.2, 0) is 21.9 Å². The summed E-state index contributed by atoms with van der Waals surface area (Å²) in [4.78, 5) is 14.3. The fraction of sp³-hybridized carbons (Fsp3) is 0.667. The molecule has 8 heteroatoms. The van der Waals surface area contributed by atoms with Crippen molar-refractivity contribution >= 4 is 16.1 Å². The lowest BCUT2D eigenvalue weighted by Gasteiger charge is -2.29. The third-order valence-corrected chi connectivity index (χ3v) is 5.75. The first-order valence-electron chi connectivity index (χ1n) is 6.45. The maximum absolute atomic E-state index is 12.7.